The Hall–Kier alpha value is -2.10. The van der Waals surface area contributed by atoms with E-state index in [1.165, 1.54) is 67.5 Å². The van der Waals surface area contributed by atoms with Gasteiger partial charge in [-0.15, -0.1) is 0 Å². The zero-order valence-electron chi connectivity index (χ0n) is 16.2. The second-order valence-electron chi connectivity index (χ2n) is 7.83. The van der Waals surface area contributed by atoms with E-state index < -0.39 is 0 Å². The molecule has 142 valence electrons. The van der Waals surface area contributed by atoms with E-state index in [2.05, 4.69) is 75.4 Å². The summed E-state index contributed by atoms with van der Waals surface area (Å²) < 4.78 is 0. The van der Waals surface area contributed by atoms with Gasteiger partial charge in [-0.25, -0.2) is 0 Å². The maximum absolute atomic E-state index is 3.60. The van der Waals surface area contributed by atoms with Gasteiger partial charge in [0.2, 0.25) is 0 Å². The van der Waals surface area contributed by atoms with Crippen LogP contribution in [0, 0.1) is 0 Å². The van der Waals surface area contributed by atoms with Crippen molar-refractivity contribution in [3.05, 3.63) is 71.9 Å². The Kier molecular flexibility index (Phi) is 6.23. The van der Waals surface area contributed by atoms with E-state index in [0.29, 0.717) is 0 Å². The molecule has 2 aromatic carbocycles. The number of aromatic amines is 1. The van der Waals surface area contributed by atoms with Crippen LogP contribution in [-0.4, -0.2) is 41.0 Å². The molecule has 0 amide bonds. The summed E-state index contributed by atoms with van der Waals surface area (Å²) in [5.41, 5.74) is 3.94. The van der Waals surface area contributed by atoms with Gasteiger partial charge in [0.05, 0.1) is 0 Å². The van der Waals surface area contributed by atoms with Gasteiger partial charge in [-0.1, -0.05) is 55.0 Å². The molecule has 0 radical (unpaired) electrons. The van der Waals surface area contributed by atoms with Gasteiger partial charge >= 0.3 is 0 Å². The van der Waals surface area contributed by atoms with Crippen LogP contribution in [-0.2, 0) is 13.1 Å². The fourth-order valence-corrected chi connectivity index (χ4v) is 4.22. The summed E-state index contributed by atoms with van der Waals surface area (Å²) in [7, 11) is 0. The van der Waals surface area contributed by atoms with Crippen LogP contribution >= 0.6 is 0 Å². The summed E-state index contributed by atoms with van der Waals surface area (Å²) in [5, 5.41) is 1.31. The monoisotopic (exact) mass is 361 g/mol. The molecular formula is C24H31N3. The molecular weight excluding hydrogens is 330 g/mol. The number of aromatic nitrogens is 1. The van der Waals surface area contributed by atoms with E-state index in [4.69, 9.17) is 0 Å². The highest BCUT2D eigenvalue weighted by atomic mass is 15.2. The predicted molar refractivity (Wildman–Crippen MR) is 114 cm³/mol. The number of piperidine rings is 1. The number of H-pyrrole nitrogens is 1. The number of fused-ring (bicyclic) bond motifs is 1. The largest absolute Gasteiger partial charge is 0.357 e. The van der Waals surface area contributed by atoms with Crippen LogP contribution in [0.15, 0.2) is 60.7 Å². The first-order valence-corrected chi connectivity index (χ1v) is 10.4. The molecule has 1 fully saturated rings. The Balaban J connectivity index is 1.40. The molecule has 0 atom stereocenters. The summed E-state index contributed by atoms with van der Waals surface area (Å²) in [4.78, 5) is 8.83. The third-order valence-electron chi connectivity index (χ3n) is 5.63. The Morgan fingerprint density at radius 3 is 2.44 bits per heavy atom. The van der Waals surface area contributed by atoms with Crippen LogP contribution < -0.4 is 0 Å². The minimum absolute atomic E-state index is 0.976. The van der Waals surface area contributed by atoms with E-state index in [9.17, 15) is 0 Å². The number of hydrogen-bond donors (Lipinski definition) is 1. The molecule has 3 aromatic rings. The maximum atomic E-state index is 3.60. The first-order valence-electron chi connectivity index (χ1n) is 10.4. The molecule has 3 nitrogen and oxygen atoms in total. The number of benzene rings is 2. The van der Waals surface area contributed by atoms with Crippen molar-refractivity contribution in [3.8, 4) is 0 Å². The first-order chi connectivity index (χ1) is 13.4. The highest BCUT2D eigenvalue weighted by molar-refractivity contribution is 5.80. The standard InChI is InChI=1S/C24H31N3/c1-3-10-21(11-4-1)19-27(17-9-16-26-14-7-2-8-15-26)20-23-18-22-12-5-6-13-24(22)25-23/h1,3-6,10-13,18,25H,2,7-9,14-17,19-20H2. The summed E-state index contributed by atoms with van der Waals surface area (Å²) in [6, 6.07) is 21.7. The first kappa shape index (κ1) is 18.3. The van der Waals surface area contributed by atoms with Crippen molar-refractivity contribution >= 4 is 10.9 Å². The van der Waals surface area contributed by atoms with Crippen molar-refractivity contribution in [1.29, 1.82) is 0 Å². The zero-order valence-corrected chi connectivity index (χ0v) is 16.2. The Bertz CT molecular complexity index is 785. The molecule has 0 bridgehead atoms. The highest BCUT2D eigenvalue weighted by Crippen LogP contribution is 2.17. The van der Waals surface area contributed by atoms with Gasteiger partial charge < -0.3 is 9.88 Å². The normalized spacial score (nSPS) is 15.6. The average molecular weight is 362 g/mol. The van der Waals surface area contributed by atoms with E-state index in [0.717, 1.165) is 19.6 Å². The molecule has 1 aromatic heterocycles. The number of para-hydroxylation sites is 1. The van der Waals surface area contributed by atoms with E-state index in [-0.39, 0.29) is 0 Å². The minimum Gasteiger partial charge on any atom is -0.357 e. The summed E-state index contributed by atoms with van der Waals surface area (Å²) in [6.07, 6.45) is 5.41. The maximum Gasteiger partial charge on any atom is 0.0456 e. The molecule has 0 spiro atoms. The molecule has 4 rings (SSSR count). The third-order valence-corrected chi connectivity index (χ3v) is 5.63. The molecule has 3 heteroatoms. The summed E-state index contributed by atoms with van der Waals surface area (Å²) in [6.45, 7) is 6.94. The summed E-state index contributed by atoms with van der Waals surface area (Å²) in [5.74, 6) is 0. The quantitative estimate of drug-likeness (QED) is 0.607. The van der Waals surface area contributed by atoms with E-state index in [1.807, 2.05) is 0 Å². The van der Waals surface area contributed by atoms with Gasteiger partial charge in [0.25, 0.3) is 0 Å². The van der Waals surface area contributed by atoms with Gasteiger partial charge in [-0.3, -0.25) is 4.90 Å². The Morgan fingerprint density at radius 2 is 1.63 bits per heavy atom. The predicted octanol–water partition coefficient (Wildman–Crippen LogP) is 5.05. The van der Waals surface area contributed by atoms with Crippen molar-refractivity contribution in [2.24, 2.45) is 0 Å². The lowest BCUT2D eigenvalue weighted by atomic mass is 10.1. The van der Waals surface area contributed by atoms with Gasteiger partial charge in [0.1, 0.15) is 0 Å². The lowest BCUT2D eigenvalue weighted by molar-refractivity contribution is 0.195. The number of nitrogens with one attached hydrogen (secondary N) is 1. The minimum atomic E-state index is 0.976. The Labute approximate surface area is 163 Å². The second-order valence-corrected chi connectivity index (χ2v) is 7.83. The topological polar surface area (TPSA) is 22.3 Å². The van der Waals surface area contributed by atoms with Crippen LogP contribution in [0.4, 0.5) is 0 Å². The van der Waals surface area contributed by atoms with Crippen LogP contribution in [0.1, 0.15) is 36.9 Å². The lowest BCUT2D eigenvalue weighted by Crippen LogP contribution is -2.33. The van der Waals surface area contributed by atoms with Crippen LogP contribution in [0.5, 0.6) is 0 Å². The molecule has 0 saturated carbocycles. The molecule has 1 aliphatic heterocycles. The van der Waals surface area contributed by atoms with Gasteiger partial charge in [-0.2, -0.15) is 0 Å². The van der Waals surface area contributed by atoms with Crippen LogP contribution in [0.3, 0.4) is 0 Å². The van der Waals surface area contributed by atoms with Crippen molar-refractivity contribution in [2.45, 2.75) is 38.8 Å². The highest BCUT2D eigenvalue weighted by Gasteiger charge is 2.12. The van der Waals surface area contributed by atoms with Crippen molar-refractivity contribution in [1.82, 2.24) is 14.8 Å². The fourth-order valence-electron chi connectivity index (χ4n) is 4.22. The second kappa shape index (κ2) is 9.20. The van der Waals surface area contributed by atoms with Crippen LogP contribution in [0.25, 0.3) is 10.9 Å². The molecule has 27 heavy (non-hydrogen) atoms. The Morgan fingerprint density at radius 1 is 0.852 bits per heavy atom. The number of likely N-dealkylation sites (tertiary alicyclic amines) is 1. The number of rotatable bonds is 8. The SMILES string of the molecule is c1ccc(CN(CCCN2CCCCC2)Cc2cc3ccccc3[nH]2)cc1. The van der Waals surface area contributed by atoms with Crippen LogP contribution in [0.2, 0.25) is 0 Å². The van der Waals surface area contributed by atoms with Crippen molar-refractivity contribution in [3.63, 3.8) is 0 Å². The summed E-state index contributed by atoms with van der Waals surface area (Å²) >= 11 is 0. The van der Waals surface area contributed by atoms with Gasteiger partial charge in [0.15, 0.2) is 0 Å². The van der Waals surface area contributed by atoms with E-state index >= 15 is 0 Å². The molecule has 1 N–H and O–H groups in total. The average Bonchev–Trinajstić information content (AvgIpc) is 3.12. The molecule has 1 aliphatic rings. The van der Waals surface area contributed by atoms with Crippen molar-refractivity contribution in [2.75, 3.05) is 26.2 Å². The molecule has 0 unspecified atom stereocenters. The molecule has 0 aliphatic carbocycles. The lowest BCUT2D eigenvalue weighted by Gasteiger charge is -2.28. The molecule has 1 saturated heterocycles. The van der Waals surface area contributed by atoms with E-state index in [1.54, 1.807) is 0 Å². The fraction of sp³-hybridized carbons (Fsp3) is 0.417. The van der Waals surface area contributed by atoms with Gasteiger partial charge in [-0.05, 0) is 62.0 Å². The smallest absolute Gasteiger partial charge is 0.0456 e. The zero-order chi connectivity index (χ0) is 18.3. The van der Waals surface area contributed by atoms with Crippen molar-refractivity contribution < 1.29 is 0 Å². The van der Waals surface area contributed by atoms with Gasteiger partial charge in [0, 0.05) is 30.8 Å². The molecule has 2 heterocycles. The third kappa shape index (κ3) is 5.21. The number of nitrogens with zero attached hydrogens (tertiary/aromatic N) is 2. The number of hydrogen-bond acceptors (Lipinski definition) is 2.